The standard InChI is InChI=1S/C14H18BrNO3/c1-9-5-11(15)3-4-13(9)14(18)16-6-12(7-17)19-8-10(16)2/h3-5,10,12,17H,6-8H2,1-2H3. The number of hydrogen-bond acceptors (Lipinski definition) is 3. The molecule has 4 nitrogen and oxygen atoms in total. The van der Waals surface area contributed by atoms with Gasteiger partial charge in [0, 0.05) is 16.6 Å². The van der Waals surface area contributed by atoms with E-state index < -0.39 is 0 Å². The second-order valence-electron chi connectivity index (χ2n) is 4.90. The lowest BCUT2D eigenvalue weighted by molar-refractivity contribution is -0.0667. The first-order chi connectivity index (χ1) is 9.02. The van der Waals surface area contributed by atoms with Crippen molar-refractivity contribution in [1.29, 1.82) is 0 Å². The average Bonchev–Trinajstić information content (AvgIpc) is 2.38. The Morgan fingerprint density at radius 1 is 1.58 bits per heavy atom. The summed E-state index contributed by atoms with van der Waals surface area (Å²) in [7, 11) is 0. The highest BCUT2D eigenvalue weighted by Gasteiger charge is 2.30. The number of nitrogens with zero attached hydrogens (tertiary/aromatic N) is 1. The number of rotatable bonds is 2. The van der Waals surface area contributed by atoms with Crippen molar-refractivity contribution in [3.63, 3.8) is 0 Å². The molecule has 19 heavy (non-hydrogen) atoms. The third-order valence-corrected chi connectivity index (χ3v) is 3.88. The molecule has 1 aromatic rings. The summed E-state index contributed by atoms with van der Waals surface area (Å²) >= 11 is 3.40. The Hall–Kier alpha value is -0.910. The zero-order valence-electron chi connectivity index (χ0n) is 11.1. The molecule has 0 aliphatic carbocycles. The second kappa shape index (κ2) is 6.03. The fourth-order valence-corrected chi connectivity index (χ4v) is 2.71. The summed E-state index contributed by atoms with van der Waals surface area (Å²) in [6, 6.07) is 5.66. The van der Waals surface area contributed by atoms with Crippen LogP contribution in [0.3, 0.4) is 0 Å². The number of benzene rings is 1. The van der Waals surface area contributed by atoms with Crippen LogP contribution in [0.2, 0.25) is 0 Å². The third-order valence-electron chi connectivity index (χ3n) is 3.39. The maximum Gasteiger partial charge on any atom is 0.254 e. The van der Waals surface area contributed by atoms with Gasteiger partial charge in [-0.05, 0) is 37.6 Å². The molecule has 1 fully saturated rings. The van der Waals surface area contributed by atoms with Crippen LogP contribution in [0.15, 0.2) is 22.7 Å². The number of morpholine rings is 1. The number of carbonyl (C=O) groups is 1. The van der Waals surface area contributed by atoms with Gasteiger partial charge in [0.2, 0.25) is 0 Å². The molecule has 1 aliphatic heterocycles. The number of hydrogen-bond donors (Lipinski definition) is 1. The van der Waals surface area contributed by atoms with Crippen LogP contribution in [-0.4, -0.2) is 47.8 Å². The molecule has 0 radical (unpaired) electrons. The summed E-state index contributed by atoms with van der Waals surface area (Å²) in [4.78, 5) is 14.4. The third kappa shape index (κ3) is 3.16. The first-order valence-electron chi connectivity index (χ1n) is 6.32. The second-order valence-corrected chi connectivity index (χ2v) is 5.82. The molecule has 5 heteroatoms. The number of aliphatic hydroxyl groups excluding tert-OH is 1. The minimum atomic E-state index is -0.282. The highest BCUT2D eigenvalue weighted by molar-refractivity contribution is 9.10. The fourth-order valence-electron chi connectivity index (χ4n) is 2.23. The molecule has 1 aromatic carbocycles. The average molecular weight is 328 g/mol. The van der Waals surface area contributed by atoms with Crippen LogP contribution < -0.4 is 0 Å². The van der Waals surface area contributed by atoms with E-state index in [2.05, 4.69) is 15.9 Å². The number of aliphatic hydroxyl groups is 1. The maximum atomic E-state index is 12.6. The molecular formula is C14H18BrNO3. The molecule has 1 heterocycles. The lowest BCUT2D eigenvalue weighted by atomic mass is 10.1. The predicted molar refractivity (Wildman–Crippen MR) is 76.2 cm³/mol. The zero-order chi connectivity index (χ0) is 14.0. The van der Waals surface area contributed by atoms with Crippen LogP contribution in [-0.2, 0) is 4.74 Å². The fraction of sp³-hybridized carbons (Fsp3) is 0.500. The largest absolute Gasteiger partial charge is 0.394 e. The first kappa shape index (κ1) is 14.5. The summed E-state index contributed by atoms with van der Waals surface area (Å²) < 4.78 is 6.42. The summed E-state index contributed by atoms with van der Waals surface area (Å²) in [5.74, 6) is -0.000694. The molecule has 0 aromatic heterocycles. The zero-order valence-corrected chi connectivity index (χ0v) is 12.7. The maximum absolute atomic E-state index is 12.6. The van der Waals surface area contributed by atoms with E-state index in [0.717, 1.165) is 10.0 Å². The Labute approximate surface area is 121 Å². The van der Waals surface area contributed by atoms with E-state index in [1.165, 1.54) is 0 Å². The van der Waals surface area contributed by atoms with Crippen molar-refractivity contribution in [3.8, 4) is 0 Å². The van der Waals surface area contributed by atoms with E-state index in [-0.39, 0.29) is 24.7 Å². The topological polar surface area (TPSA) is 49.8 Å². The Balaban J connectivity index is 2.22. The monoisotopic (exact) mass is 327 g/mol. The van der Waals surface area contributed by atoms with Gasteiger partial charge in [0.05, 0.1) is 25.4 Å². The molecule has 2 atom stereocenters. The van der Waals surface area contributed by atoms with Crippen molar-refractivity contribution in [2.24, 2.45) is 0 Å². The Morgan fingerprint density at radius 3 is 2.95 bits per heavy atom. The molecule has 2 unspecified atom stereocenters. The van der Waals surface area contributed by atoms with Gasteiger partial charge in [0.1, 0.15) is 0 Å². The highest BCUT2D eigenvalue weighted by atomic mass is 79.9. The van der Waals surface area contributed by atoms with Gasteiger partial charge in [-0.15, -0.1) is 0 Å². The highest BCUT2D eigenvalue weighted by Crippen LogP contribution is 2.20. The van der Waals surface area contributed by atoms with Crippen LogP contribution in [0.1, 0.15) is 22.8 Å². The number of amides is 1. The number of halogens is 1. The minimum absolute atomic E-state index is 0.000694. The predicted octanol–water partition coefficient (Wildman–Crippen LogP) is 1.98. The van der Waals surface area contributed by atoms with Crippen molar-refractivity contribution in [2.45, 2.75) is 26.0 Å². The smallest absolute Gasteiger partial charge is 0.254 e. The molecule has 1 N–H and O–H groups in total. The van der Waals surface area contributed by atoms with E-state index in [4.69, 9.17) is 9.84 Å². The SMILES string of the molecule is Cc1cc(Br)ccc1C(=O)N1CC(CO)OCC1C. The molecular weight excluding hydrogens is 310 g/mol. The Morgan fingerprint density at radius 2 is 2.32 bits per heavy atom. The van der Waals surface area contributed by atoms with E-state index in [0.29, 0.717) is 18.7 Å². The summed E-state index contributed by atoms with van der Waals surface area (Å²) in [5, 5.41) is 9.17. The van der Waals surface area contributed by atoms with Gasteiger partial charge < -0.3 is 14.7 Å². The van der Waals surface area contributed by atoms with Gasteiger partial charge in [0.15, 0.2) is 0 Å². The lowest BCUT2D eigenvalue weighted by Gasteiger charge is -2.37. The van der Waals surface area contributed by atoms with E-state index >= 15 is 0 Å². The van der Waals surface area contributed by atoms with E-state index in [1.54, 1.807) is 4.90 Å². The van der Waals surface area contributed by atoms with Gasteiger partial charge >= 0.3 is 0 Å². The lowest BCUT2D eigenvalue weighted by Crippen LogP contribution is -2.52. The van der Waals surface area contributed by atoms with Crippen LogP contribution in [0, 0.1) is 6.92 Å². The van der Waals surface area contributed by atoms with Gasteiger partial charge in [-0.2, -0.15) is 0 Å². The molecule has 0 saturated carbocycles. The van der Waals surface area contributed by atoms with Crippen molar-refractivity contribution < 1.29 is 14.6 Å². The molecule has 0 spiro atoms. The quantitative estimate of drug-likeness (QED) is 0.903. The van der Waals surface area contributed by atoms with Crippen molar-refractivity contribution in [1.82, 2.24) is 4.90 Å². The molecule has 1 saturated heterocycles. The molecule has 0 bridgehead atoms. The van der Waals surface area contributed by atoms with Crippen molar-refractivity contribution in [2.75, 3.05) is 19.8 Å². The number of ether oxygens (including phenoxy) is 1. The molecule has 2 rings (SSSR count). The van der Waals surface area contributed by atoms with Gasteiger partial charge in [-0.3, -0.25) is 4.79 Å². The van der Waals surface area contributed by atoms with Crippen LogP contribution in [0.4, 0.5) is 0 Å². The summed E-state index contributed by atoms with van der Waals surface area (Å²) in [6.45, 7) is 4.72. The van der Waals surface area contributed by atoms with Gasteiger partial charge in [-0.25, -0.2) is 0 Å². The minimum Gasteiger partial charge on any atom is -0.394 e. The van der Waals surface area contributed by atoms with Crippen molar-refractivity contribution >= 4 is 21.8 Å². The van der Waals surface area contributed by atoms with E-state index in [1.807, 2.05) is 32.0 Å². The van der Waals surface area contributed by atoms with Crippen LogP contribution in [0.25, 0.3) is 0 Å². The normalized spacial score (nSPS) is 23.5. The molecule has 104 valence electrons. The molecule has 1 amide bonds. The van der Waals surface area contributed by atoms with Crippen LogP contribution in [0.5, 0.6) is 0 Å². The number of carbonyl (C=O) groups excluding carboxylic acids is 1. The number of aryl methyl sites for hydroxylation is 1. The molecule has 1 aliphatic rings. The van der Waals surface area contributed by atoms with Crippen LogP contribution >= 0.6 is 15.9 Å². The summed E-state index contributed by atoms with van der Waals surface area (Å²) in [6.07, 6.45) is -0.282. The van der Waals surface area contributed by atoms with E-state index in [9.17, 15) is 4.79 Å². The van der Waals surface area contributed by atoms with Gasteiger partial charge in [0.25, 0.3) is 5.91 Å². The Bertz CT molecular complexity index is 478. The summed E-state index contributed by atoms with van der Waals surface area (Å²) in [5.41, 5.74) is 1.65. The van der Waals surface area contributed by atoms with Crippen molar-refractivity contribution in [3.05, 3.63) is 33.8 Å². The first-order valence-corrected chi connectivity index (χ1v) is 7.11. The van der Waals surface area contributed by atoms with Gasteiger partial charge in [-0.1, -0.05) is 15.9 Å². The Kier molecular flexibility index (Phi) is 4.60.